The van der Waals surface area contributed by atoms with Crippen LogP contribution in [0.15, 0.2) is 109 Å². The maximum absolute atomic E-state index is 12.7. The molecule has 0 unspecified atom stereocenters. The molecule has 264 valence electrons. The summed E-state index contributed by atoms with van der Waals surface area (Å²) in [4.78, 5) is 0. The van der Waals surface area contributed by atoms with Crippen LogP contribution in [-0.4, -0.2) is 0 Å². The Morgan fingerprint density at radius 3 is 1.14 bits per heavy atom. The molecule has 0 fully saturated rings. The molecule has 0 nitrogen and oxygen atoms in total. The molecule has 0 aromatic heterocycles. The van der Waals surface area contributed by atoms with Crippen molar-refractivity contribution in [3.05, 3.63) is 145 Å². The minimum Gasteiger partial charge on any atom is -0.372 e. The van der Waals surface area contributed by atoms with Crippen LogP contribution in [0.4, 0.5) is 26.3 Å². The molecular weight excluding hydrogens is 856 g/mol. The van der Waals surface area contributed by atoms with Gasteiger partial charge in [-0.2, -0.15) is 38.5 Å². The van der Waals surface area contributed by atoms with Crippen molar-refractivity contribution in [2.75, 3.05) is 0 Å². The van der Waals surface area contributed by atoms with Crippen LogP contribution in [0.2, 0.25) is 0 Å². The normalized spacial score (nSPS) is 10.9. The van der Waals surface area contributed by atoms with Gasteiger partial charge < -0.3 is 20.3 Å². The zero-order chi connectivity index (χ0) is 34.2. The first-order valence-electron chi connectivity index (χ1n) is 15.7. The number of halogens is 8. The van der Waals surface area contributed by atoms with E-state index in [1.807, 2.05) is 36.4 Å². The van der Waals surface area contributed by atoms with Crippen LogP contribution >= 0.6 is 24.8 Å². The second-order valence-electron chi connectivity index (χ2n) is 11.3. The molecule has 6 rings (SSSR count). The van der Waals surface area contributed by atoms with E-state index in [0.29, 0.717) is 0 Å². The molecule has 9 heteroatoms. The zero-order valence-electron chi connectivity index (χ0n) is 27.9. The zero-order valence-corrected chi connectivity index (χ0v) is 33.2. The van der Waals surface area contributed by atoms with Gasteiger partial charge in [0.2, 0.25) is 0 Å². The van der Waals surface area contributed by atoms with Gasteiger partial charge >= 0.3 is 38.2 Å². The third-order valence-electron chi connectivity index (χ3n) is 7.74. The van der Waals surface area contributed by atoms with Crippen LogP contribution in [0.3, 0.4) is 0 Å². The van der Waals surface area contributed by atoms with Crippen molar-refractivity contribution in [3.63, 3.8) is 0 Å². The third-order valence-corrected chi connectivity index (χ3v) is 7.74. The number of benzene rings is 4. The molecule has 0 spiro atoms. The predicted octanol–water partition coefficient (Wildman–Crippen LogP) is 14.3. The van der Waals surface area contributed by atoms with E-state index in [2.05, 4.69) is 52.0 Å². The monoisotopic (exact) mass is 896 g/mol. The summed E-state index contributed by atoms with van der Waals surface area (Å²) in [6, 6.07) is 31.3. The van der Waals surface area contributed by atoms with Gasteiger partial charge in [-0.15, -0.1) is 93.9 Å². The SMILES string of the molecule is CCCc1cc2c(-c3ccc(C(F)(F)F)cc3)cccc2[cH-]1.CCCc1cc2c(-c3ccc(C(F)(F)F)cc3)cccc2[cH-]1.Cl.Cl.[CH2-]C[CH2-].[Hf+4]. The minimum absolute atomic E-state index is 0. The van der Waals surface area contributed by atoms with E-state index >= 15 is 0 Å². The van der Waals surface area contributed by atoms with Crippen LogP contribution in [0.5, 0.6) is 0 Å². The number of fused-ring (bicyclic) bond motifs is 2. The van der Waals surface area contributed by atoms with Gasteiger partial charge in [0.1, 0.15) is 0 Å². The van der Waals surface area contributed by atoms with Crippen LogP contribution in [0, 0.1) is 13.8 Å². The molecule has 6 aromatic carbocycles. The maximum Gasteiger partial charge on any atom is 4.00 e. The topological polar surface area (TPSA) is 0 Å². The fourth-order valence-corrected chi connectivity index (χ4v) is 5.64. The molecule has 0 atom stereocenters. The molecule has 0 saturated carbocycles. The molecule has 50 heavy (non-hydrogen) atoms. The summed E-state index contributed by atoms with van der Waals surface area (Å²) >= 11 is 0. The van der Waals surface area contributed by atoms with Gasteiger partial charge in [-0.05, 0) is 48.2 Å². The van der Waals surface area contributed by atoms with Crippen LogP contribution < -0.4 is 0 Å². The summed E-state index contributed by atoms with van der Waals surface area (Å²) in [5, 5.41) is 4.48. The van der Waals surface area contributed by atoms with E-state index in [9.17, 15) is 26.3 Å². The fraction of sp³-hybridized carbons (Fsp3) is 0.220. The van der Waals surface area contributed by atoms with Crippen LogP contribution in [0.1, 0.15) is 55.4 Å². The smallest absolute Gasteiger partial charge is 0.372 e. The molecule has 0 aliphatic carbocycles. The molecular formula is C41H40Cl2F6Hf. The number of rotatable bonds is 6. The largest absolute Gasteiger partial charge is 4.00 e. The van der Waals surface area contributed by atoms with Gasteiger partial charge in [0.05, 0.1) is 11.1 Å². The van der Waals surface area contributed by atoms with Crippen molar-refractivity contribution in [1.82, 2.24) is 0 Å². The second kappa shape index (κ2) is 20.2. The van der Waals surface area contributed by atoms with Gasteiger partial charge in [-0.25, -0.2) is 0 Å². The average Bonchev–Trinajstić information content (AvgIpc) is 3.65. The number of hydrogen-bond acceptors (Lipinski definition) is 0. The van der Waals surface area contributed by atoms with Crippen molar-refractivity contribution in [3.8, 4) is 22.3 Å². The Labute approximate surface area is 322 Å². The Kier molecular flexibility index (Phi) is 18.3. The summed E-state index contributed by atoms with van der Waals surface area (Å²) < 4.78 is 76.0. The number of aryl methyl sites for hydroxylation is 2. The van der Waals surface area contributed by atoms with Gasteiger partial charge in [-0.1, -0.05) is 74.2 Å². The van der Waals surface area contributed by atoms with Crippen molar-refractivity contribution in [2.45, 2.75) is 58.3 Å². The Balaban J connectivity index is 0.000000439. The molecule has 0 bridgehead atoms. The summed E-state index contributed by atoms with van der Waals surface area (Å²) in [7, 11) is 0. The molecule has 6 aromatic rings. The van der Waals surface area contributed by atoms with E-state index < -0.39 is 23.5 Å². The Morgan fingerprint density at radius 1 is 0.540 bits per heavy atom. The molecule has 0 amide bonds. The molecule has 0 radical (unpaired) electrons. The first-order valence-corrected chi connectivity index (χ1v) is 15.7. The Morgan fingerprint density at radius 2 is 0.860 bits per heavy atom. The fourth-order valence-electron chi connectivity index (χ4n) is 5.64. The van der Waals surface area contributed by atoms with Gasteiger partial charge in [0, 0.05) is 0 Å². The first kappa shape index (κ1) is 45.2. The van der Waals surface area contributed by atoms with Gasteiger partial charge in [0.25, 0.3) is 0 Å². The maximum atomic E-state index is 12.7. The second-order valence-corrected chi connectivity index (χ2v) is 11.3. The third kappa shape index (κ3) is 11.6. The standard InChI is InChI=1S/2C19H16F3.C3H6.2ClH.Hf/c2*1-2-4-13-11-15-5-3-6-17(18(15)12-13)14-7-9-16(10-8-14)19(20,21)22;1-3-2;;;/h2*3,5-12H,2,4H2,1H3;1-3H2;2*1H;/q2*-1;-2;;;+4. The van der Waals surface area contributed by atoms with Gasteiger partial charge in [0.15, 0.2) is 0 Å². The summed E-state index contributed by atoms with van der Waals surface area (Å²) in [5.41, 5.74) is 4.91. The van der Waals surface area contributed by atoms with Crippen LogP contribution in [-0.2, 0) is 51.0 Å². The summed E-state index contributed by atoms with van der Waals surface area (Å²) in [6.07, 6.45) is -3.65. The minimum atomic E-state index is -4.29. The van der Waals surface area contributed by atoms with Gasteiger partial charge in [-0.3, -0.25) is 0 Å². The first-order chi connectivity index (χ1) is 22.4. The van der Waals surface area contributed by atoms with E-state index in [1.54, 1.807) is 24.3 Å². The van der Waals surface area contributed by atoms with Crippen molar-refractivity contribution in [2.24, 2.45) is 0 Å². The summed E-state index contributed by atoms with van der Waals surface area (Å²) in [6.45, 7) is 11.0. The molecule has 0 aliphatic rings. The number of alkyl halides is 6. The van der Waals surface area contributed by atoms with Crippen molar-refractivity contribution in [1.29, 1.82) is 0 Å². The van der Waals surface area contributed by atoms with E-state index in [0.717, 1.165) is 100 Å². The van der Waals surface area contributed by atoms with Crippen LogP contribution in [0.25, 0.3) is 43.8 Å². The van der Waals surface area contributed by atoms with E-state index in [1.165, 1.54) is 11.1 Å². The molecule has 0 saturated heterocycles. The quantitative estimate of drug-likeness (QED) is 0.0888. The van der Waals surface area contributed by atoms with E-state index in [4.69, 9.17) is 0 Å². The molecule has 0 N–H and O–H groups in total. The summed E-state index contributed by atoms with van der Waals surface area (Å²) in [5.74, 6) is 0. The average molecular weight is 896 g/mol. The van der Waals surface area contributed by atoms with Crippen molar-refractivity contribution < 1.29 is 52.2 Å². The number of hydrogen-bond donors (Lipinski definition) is 0. The predicted molar refractivity (Wildman–Crippen MR) is 198 cm³/mol. The molecule has 0 aliphatic heterocycles. The van der Waals surface area contributed by atoms with Crippen molar-refractivity contribution >= 4 is 46.4 Å². The Bertz CT molecular complexity index is 1730. The van der Waals surface area contributed by atoms with E-state index in [-0.39, 0.29) is 50.7 Å². The Hall–Kier alpha value is -2.87. The molecule has 0 heterocycles.